The minimum Gasteiger partial charge on any atom is -0.507 e. The number of aromatic hydroxyl groups is 2. The Bertz CT molecular complexity index is 1600. The molecular formula is C33H39NO12. The largest absolute Gasteiger partial charge is 0.507 e. The number of phenols is 2. The van der Waals surface area contributed by atoms with Crippen molar-refractivity contribution < 1.29 is 58.9 Å². The zero-order valence-corrected chi connectivity index (χ0v) is 25.9. The monoisotopic (exact) mass is 641 g/mol. The third kappa shape index (κ3) is 5.01. The van der Waals surface area contributed by atoms with Crippen molar-refractivity contribution in [3.8, 4) is 17.2 Å². The first-order valence-electron chi connectivity index (χ1n) is 15.4. The van der Waals surface area contributed by atoms with E-state index in [9.17, 15) is 39.9 Å². The number of benzene rings is 2. The molecule has 6 rings (SSSR count). The van der Waals surface area contributed by atoms with Gasteiger partial charge in [0.25, 0.3) is 0 Å². The zero-order chi connectivity index (χ0) is 33.4. The summed E-state index contributed by atoms with van der Waals surface area (Å²) in [5.41, 5.74) is 3.14. The number of hydrogen-bond donors (Lipinski definition) is 6. The summed E-state index contributed by atoms with van der Waals surface area (Å²) < 4.78 is 23.5. The molecule has 2 aliphatic heterocycles. The molecule has 4 aliphatic rings. The smallest absolute Gasteiger partial charge is 0.202 e. The van der Waals surface area contributed by atoms with Crippen LogP contribution in [0.2, 0.25) is 0 Å². The van der Waals surface area contributed by atoms with Crippen LogP contribution in [0.4, 0.5) is 0 Å². The molecule has 13 heteroatoms. The Hall–Kier alpha value is -3.43. The van der Waals surface area contributed by atoms with Crippen molar-refractivity contribution in [3.05, 3.63) is 51.6 Å². The Morgan fingerprint density at radius 1 is 0.978 bits per heavy atom. The predicted octanol–water partition coefficient (Wildman–Crippen LogP) is 0.978. The average molecular weight is 642 g/mol. The first kappa shape index (κ1) is 32.5. The Labute approximate surface area is 264 Å². The molecule has 2 aliphatic carbocycles. The van der Waals surface area contributed by atoms with Crippen LogP contribution < -0.4 is 10.5 Å². The number of phenolic OH excluding ortho intramolecular Hbond substituents is 2. The number of ether oxygens (including phenoxy) is 4. The van der Waals surface area contributed by atoms with Gasteiger partial charge in [-0.3, -0.25) is 14.4 Å². The molecule has 2 heterocycles. The molecule has 46 heavy (non-hydrogen) atoms. The molecule has 13 nitrogen and oxygen atoms in total. The van der Waals surface area contributed by atoms with Gasteiger partial charge < -0.3 is 50.2 Å². The van der Waals surface area contributed by atoms with E-state index in [-0.39, 0.29) is 47.3 Å². The van der Waals surface area contributed by atoms with Crippen molar-refractivity contribution in [3.63, 3.8) is 0 Å². The van der Waals surface area contributed by atoms with Crippen molar-refractivity contribution in [1.29, 1.82) is 0 Å². The SMILES string of the molecule is COc1cccc2c1C(=O)c1c(O)c3c(c(O)c1C2=O)C[C@@](O)(C(C)=O)C[C@@H]3[C@H]1C[C@H](O[C@H]2C[C@H](N)[C@H](O)[C@H](C)O2)[C@@H](O)[C@H](C)O1. The molecule has 0 amide bonds. The zero-order valence-electron chi connectivity index (χ0n) is 25.9. The van der Waals surface area contributed by atoms with Gasteiger partial charge in [0.1, 0.15) is 29.0 Å². The maximum Gasteiger partial charge on any atom is 0.202 e. The Morgan fingerprint density at radius 2 is 1.65 bits per heavy atom. The van der Waals surface area contributed by atoms with Crippen LogP contribution in [0.25, 0.3) is 0 Å². The van der Waals surface area contributed by atoms with Crippen molar-refractivity contribution in [2.24, 2.45) is 5.73 Å². The number of carbonyl (C=O) groups excluding carboxylic acids is 3. The van der Waals surface area contributed by atoms with Crippen LogP contribution in [0, 0.1) is 0 Å². The van der Waals surface area contributed by atoms with E-state index in [1.807, 2.05) is 0 Å². The summed E-state index contributed by atoms with van der Waals surface area (Å²) in [7, 11) is 1.34. The first-order chi connectivity index (χ1) is 21.7. The highest BCUT2D eigenvalue weighted by molar-refractivity contribution is 6.31. The van der Waals surface area contributed by atoms with Crippen LogP contribution in [0.15, 0.2) is 18.2 Å². The minimum absolute atomic E-state index is 0.00352. The number of aliphatic hydroxyl groups excluding tert-OH is 2. The Balaban J connectivity index is 1.44. The van der Waals surface area contributed by atoms with Crippen LogP contribution in [0.1, 0.15) is 88.9 Å². The van der Waals surface area contributed by atoms with E-state index < -0.39 is 107 Å². The normalized spacial score (nSPS) is 35.6. The fraction of sp³-hybridized carbons (Fsp3) is 0.545. The maximum atomic E-state index is 13.9. The summed E-state index contributed by atoms with van der Waals surface area (Å²) in [6.07, 6.45) is -6.64. The van der Waals surface area contributed by atoms with E-state index >= 15 is 0 Å². The molecule has 10 atom stereocenters. The van der Waals surface area contributed by atoms with Gasteiger partial charge in [-0.15, -0.1) is 0 Å². The van der Waals surface area contributed by atoms with E-state index in [1.54, 1.807) is 13.8 Å². The third-order valence-electron chi connectivity index (χ3n) is 10.1. The second-order valence-corrected chi connectivity index (χ2v) is 12.9. The second kappa shape index (κ2) is 11.7. The fourth-order valence-corrected chi connectivity index (χ4v) is 7.46. The van der Waals surface area contributed by atoms with Crippen LogP contribution >= 0.6 is 0 Å². The lowest BCUT2D eigenvalue weighted by Gasteiger charge is -2.47. The number of methoxy groups -OCH3 is 1. The standard InChI is InChI=1S/C33H39NO12/c1-12-27(36)18(34)8-22(45-12)46-21-9-20(44-13(2)28(21)37)16-10-33(42,14(3)35)11-17-23(16)31(40)26-25(30(17)39)29(38)15-6-5-7-19(43-4)24(15)32(26)41/h5-7,12-13,16,18,20-22,27-28,36-37,39-40,42H,8-11,34H2,1-4H3/t12-,13-,16+,18-,20+,21-,22-,27+,28-,33+/m0/s1. The molecule has 7 N–H and O–H groups in total. The number of fused-ring (bicyclic) bond motifs is 3. The van der Waals surface area contributed by atoms with Crippen LogP contribution in [-0.2, 0) is 25.4 Å². The first-order valence-corrected chi connectivity index (χ1v) is 15.4. The fourth-order valence-electron chi connectivity index (χ4n) is 7.46. The Morgan fingerprint density at radius 3 is 2.30 bits per heavy atom. The molecule has 2 aromatic rings. The molecule has 2 saturated heterocycles. The van der Waals surface area contributed by atoms with E-state index in [0.717, 1.165) is 0 Å². The van der Waals surface area contributed by atoms with E-state index in [4.69, 9.17) is 24.7 Å². The molecule has 248 valence electrons. The van der Waals surface area contributed by atoms with Crippen molar-refractivity contribution in [2.75, 3.05) is 7.11 Å². The molecule has 0 aromatic heterocycles. The number of aliphatic hydroxyl groups is 3. The van der Waals surface area contributed by atoms with Gasteiger partial charge >= 0.3 is 0 Å². The van der Waals surface area contributed by atoms with Crippen molar-refractivity contribution in [2.45, 2.75) is 107 Å². The second-order valence-electron chi connectivity index (χ2n) is 12.9. The van der Waals surface area contributed by atoms with Gasteiger partial charge in [0.05, 0.1) is 54.3 Å². The molecule has 0 spiro atoms. The van der Waals surface area contributed by atoms with Crippen LogP contribution in [0.3, 0.4) is 0 Å². The summed E-state index contributed by atoms with van der Waals surface area (Å²) in [5.74, 6) is -4.13. The van der Waals surface area contributed by atoms with E-state index in [0.29, 0.717) is 0 Å². The van der Waals surface area contributed by atoms with Gasteiger partial charge in [-0.2, -0.15) is 0 Å². The highest BCUT2D eigenvalue weighted by Gasteiger charge is 2.52. The molecule has 2 aromatic carbocycles. The highest BCUT2D eigenvalue weighted by Crippen LogP contribution is 2.54. The number of nitrogens with two attached hydrogens (primary N) is 1. The predicted molar refractivity (Wildman–Crippen MR) is 159 cm³/mol. The molecule has 0 unspecified atom stereocenters. The van der Waals surface area contributed by atoms with Gasteiger partial charge in [0, 0.05) is 47.9 Å². The van der Waals surface area contributed by atoms with Crippen LogP contribution in [-0.4, -0.2) is 105 Å². The summed E-state index contributed by atoms with van der Waals surface area (Å²) in [6.45, 7) is 4.47. The molecular weight excluding hydrogens is 602 g/mol. The van der Waals surface area contributed by atoms with Crippen LogP contribution in [0.5, 0.6) is 17.2 Å². The van der Waals surface area contributed by atoms with E-state index in [1.165, 1.54) is 32.2 Å². The third-order valence-corrected chi connectivity index (χ3v) is 10.1. The van der Waals surface area contributed by atoms with Crippen molar-refractivity contribution >= 4 is 17.3 Å². The Kier molecular flexibility index (Phi) is 8.25. The number of rotatable bonds is 5. The topological polar surface area (TPSA) is 215 Å². The number of ketones is 3. The summed E-state index contributed by atoms with van der Waals surface area (Å²) in [6, 6.07) is 3.83. The van der Waals surface area contributed by atoms with Crippen molar-refractivity contribution in [1.82, 2.24) is 0 Å². The highest BCUT2D eigenvalue weighted by atomic mass is 16.7. The maximum absolute atomic E-state index is 13.9. The average Bonchev–Trinajstić information content (AvgIpc) is 3.01. The number of carbonyl (C=O) groups is 3. The molecule has 0 bridgehead atoms. The van der Waals surface area contributed by atoms with E-state index in [2.05, 4.69) is 0 Å². The number of Topliss-reactive ketones (excluding diaryl/α,β-unsaturated/α-hetero) is 1. The lowest BCUT2D eigenvalue weighted by molar-refractivity contribution is -0.275. The minimum atomic E-state index is -2.01. The lowest BCUT2D eigenvalue weighted by atomic mass is 9.66. The van der Waals surface area contributed by atoms with Gasteiger partial charge in [0.15, 0.2) is 17.9 Å². The number of hydrogen-bond acceptors (Lipinski definition) is 13. The van der Waals surface area contributed by atoms with Gasteiger partial charge in [-0.05, 0) is 33.3 Å². The summed E-state index contributed by atoms with van der Waals surface area (Å²) in [4.78, 5) is 40.5. The lowest BCUT2D eigenvalue weighted by Crippen LogP contribution is -2.56. The molecule has 2 fully saturated rings. The van der Waals surface area contributed by atoms with Gasteiger partial charge in [-0.25, -0.2) is 0 Å². The summed E-state index contributed by atoms with van der Waals surface area (Å²) in [5, 5.41) is 56.3. The molecule has 0 saturated carbocycles. The quantitative estimate of drug-likeness (QED) is 0.215. The summed E-state index contributed by atoms with van der Waals surface area (Å²) >= 11 is 0. The van der Waals surface area contributed by atoms with Gasteiger partial charge in [-0.1, -0.05) is 12.1 Å². The van der Waals surface area contributed by atoms with Gasteiger partial charge in [0.2, 0.25) is 5.78 Å². The molecule has 0 radical (unpaired) electrons.